The SMILES string of the molecule is CC(C)/C=C/[C@@H](O[Si](C)(C)C(C)(C)C)[C@H](OCc1ccccc1)C(=O)N1C(=O)[C@@]2(C)C[C@@H]1CC2(C)C. The molecular weight excluding hydrogens is 466 g/mol. The first-order valence-electron chi connectivity index (χ1n) is 13.4. The predicted molar refractivity (Wildman–Crippen MR) is 148 cm³/mol. The lowest BCUT2D eigenvalue weighted by Crippen LogP contribution is -2.57. The van der Waals surface area contributed by atoms with E-state index in [0.717, 1.165) is 12.0 Å². The lowest BCUT2D eigenvalue weighted by atomic mass is 9.68. The number of carbonyl (C=O) groups excluding carboxylic acids is 2. The highest BCUT2D eigenvalue weighted by Crippen LogP contribution is 2.59. The number of rotatable bonds is 9. The third-order valence-corrected chi connectivity index (χ3v) is 13.4. The second kappa shape index (κ2) is 10.2. The zero-order valence-electron chi connectivity index (χ0n) is 24.1. The third-order valence-electron chi connectivity index (χ3n) is 8.91. The van der Waals surface area contributed by atoms with Crippen molar-refractivity contribution in [1.29, 1.82) is 0 Å². The second-order valence-corrected chi connectivity index (χ2v) is 18.2. The topological polar surface area (TPSA) is 55.8 Å². The van der Waals surface area contributed by atoms with Gasteiger partial charge in [-0.2, -0.15) is 0 Å². The second-order valence-electron chi connectivity index (χ2n) is 13.5. The molecule has 5 nitrogen and oxygen atoms in total. The number of nitrogens with zero attached hydrogens (tertiary/aromatic N) is 1. The number of ether oxygens (including phenoxy) is 1. The van der Waals surface area contributed by atoms with Gasteiger partial charge < -0.3 is 9.16 Å². The minimum atomic E-state index is -2.25. The summed E-state index contributed by atoms with van der Waals surface area (Å²) < 4.78 is 13.2. The zero-order chi connectivity index (χ0) is 27.1. The summed E-state index contributed by atoms with van der Waals surface area (Å²) in [7, 11) is -2.25. The van der Waals surface area contributed by atoms with Crippen LogP contribution in [0.1, 0.15) is 73.8 Å². The maximum Gasteiger partial charge on any atom is 0.261 e. The van der Waals surface area contributed by atoms with Crippen molar-refractivity contribution in [2.75, 3.05) is 0 Å². The molecule has 2 fully saturated rings. The van der Waals surface area contributed by atoms with E-state index >= 15 is 0 Å². The van der Waals surface area contributed by atoms with Crippen LogP contribution < -0.4 is 0 Å². The number of carbonyl (C=O) groups is 2. The molecule has 0 unspecified atom stereocenters. The van der Waals surface area contributed by atoms with Gasteiger partial charge in [0.1, 0.15) is 0 Å². The van der Waals surface area contributed by atoms with Crippen molar-refractivity contribution in [3.63, 3.8) is 0 Å². The Morgan fingerprint density at radius 2 is 1.72 bits per heavy atom. The molecule has 0 aromatic heterocycles. The Morgan fingerprint density at radius 3 is 2.22 bits per heavy atom. The molecule has 3 rings (SSSR count). The van der Waals surface area contributed by atoms with Crippen LogP contribution in [0, 0.1) is 16.7 Å². The van der Waals surface area contributed by atoms with Crippen LogP contribution in [0.15, 0.2) is 42.5 Å². The van der Waals surface area contributed by atoms with E-state index in [-0.39, 0.29) is 34.9 Å². The van der Waals surface area contributed by atoms with Crippen molar-refractivity contribution in [3.05, 3.63) is 48.0 Å². The average Bonchev–Trinajstić information content (AvgIpc) is 3.15. The first-order chi connectivity index (χ1) is 16.5. The van der Waals surface area contributed by atoms with Crippen LogP contribution in [0.5, 0.6) is 0 Å². The molecule has 0 radical (unpaired) electrons. The van der Waals surface area contributed by atoms with Gasteiger partial charge in [0.05, 0.1) is 18.1 Å². The fourth-order valence-electron chi connectivity index (χ4n) is 5.16. The summed E-state index contributed by atoms with van der Waals surface area (Å²) in [4.78, 5) is 29.4. The van der Waals surface area contributed by atoms with E-state index in [0.29, 0.717) is 12.3 Å². The van der Waals surface area contributed by atoms with Crippen LogP contribution in [0.3, 0.4) is 0 Å². The van der Waals surface area contributed by atoms with Gasteiger partial charge in [0, 0.05) is 6.04 Å². The number of fused-ring (bicyclic) bond motifs is 2. The van der Waals surface area contributed by atoms with Gasteiger partial charge in [-0.3, -0.25) is 14.5 Å². The molecule has 2 amide bonds. The molecule has 4 atom stereocenters. The fourth-order valence-corrected chi connectivity index (χ4v) is 6.40. The van der Waals surface area contributed by atoms with Crippen molar-refractivity contribution in [2.24, 2.45) is 16.7 Å². The minimum absolute atomic E-state index is 0.0377. The summed E-state index contributed by atoms with van der Waals surface area (Å²) in [6, 6.07) is 9.77. The van der Waals surface area contributed by atoms with Crippen molar-refractivity contribution >= 4 is 20.1 Å². The van der Waals surface area contributed by atoms with E-state index < -0.39 is 25.9 Å². The Morgan fingerprint density at radius 1 is 1.11 bits per heavy atom. The Labute approximate surface area is 219 Å². The van der Waals surface area contributed by atoms with Crippen LogP contribution in [-0.4, -0.2) is 43.3 Å². The summed E-state index contributed by atoms with van der Waals surface area (Å²) in [5.74, 6) is -0.0391. The van der Waals surface area contributed by atoms with Crippen molar-refractivity contribution < 1.29 is 18.8 Å². The van der Waals surface area contributed by atoms with Crippen molar-refractivity contribution in [2.45, 2.75) is 111 Å². The number of benzene rings is 1. The molecule has 0 N–H and O–H groups in total. The summed E-state index contributed by atoms with van der Waals surface area (Å²) in [6.07, 6.45) is 4.13. The number of hydrogen-bond acceptors (Lipinski definition) is 4. The van der Waals surface area contributed by atoms with Gasteiger partial charge in [0.25, 0.3) is 5.91 Å². The van der Waals surface area contributed by atoms with E-state index in [1.807, 2.05) is 43.3 Å². The normalized spacial score (nSPS) is 25.7. The standard InChI is InChI=1S/C30H47NO4Si/c1-21(2)16-17-24(35-36(9,10)28(3,4)5)25(34-20-22-14-12-11-13-15-22)26(32)31-23-18-29(6,7)30(8,19-23)27(31)33/h11-17,21,23-25H,18-20H2,1-10H3/b17-16+/t23-,24+,25-,30+/m0/s1. The van der Waals surface area contributed by atoms with Crippen LogP contribution in [0.4, 0.5) is 0 Å². The molecule has 6 heteroatoms. The highest BCUT2D eigenvalue weighted by atomic mass is 28.4. The first-order valence-corrected chi connectivity index (χ1v) is 16.3. The Hall–Kier alpha value is -1.76. The van der Waals surface area contributed by atoms with Gasteiger partial charge in [-0.1, -0.05) is 97.9 Å². The molecule has 1 aliphatic carbocycles. The zero-order valence-corrected chi connectivity index (χ0v) is 25.1. The Bertz CT molecular complexity index is 978. The van der Waals surface area contributed by atoms with Gasteiger partial charge in [-0.15, -0.1) is 0 Å². The fraction of sp³-hybridized carbons (Fsp3) is 0.667. The van der Waals surface area contributed by atoms with Gasteiger partial charge >= 0.3 is 0 Å². The van der Waals surface area contributed by atoms with Crippen molar-refractivity contribution in [3.8, 4) is 0 Å². The summed E-state index contributed by atoms with van der Waals surface area (Å²) in [6.45, 7) is 21.7. The van der Waals surface area contributed by atoms with Crippen molar-refractivity contribution in [1.82, 2.24) is 4.90 Å². The number of amides is 2. The molecule has 1 aromatic rings. The number of allylic oxidation sites excluding steroid dienone is 1. The summed E-state index contributed by atoms with van der Waals surface area (Å²) >= 11 is 0. The van der Waals surface area contributed by atoms with E-state index in [4.69, 9.17) is 9.16 Å². The Balaban J connectivity index is 1.99. The highest BCUT2D eigenvalue weighted by molar-refractivity contribution is 6.74. The maximum atomic E-state index is 14.2. The van der Waals surface area contributed by atoms with Gasteiger partial charge in [0.2, 0.25) is 5.91 Å². The lowest BCUT2D eigenvalue weighted by molar-refractivity contribution is -0.164. The molecule has 1 heterocycles. The molecule has 1 saturated heterocycles. The van der Waals surface area contributed by atoms with Crippen LogP contribution in [0.2, 0.25) is 18.1 Å². The van der Waals surface area contributed by atoms with E-state index in [9.17, 15) is 9.59 Å². The third kappa shape index (κ3) is 5.56. The summed E-state index contributed by atoms with van der Waals surface area (Å²) in [5.41, 5.74) is 0.332. The van der Waals surface area contributed by atoms with Gasteiger partial charge in [0.15, 0.2) is 14.4 Å². The first kappa shape index (κ1) is 28.8. The van der Waals surface area contributed by atoms with E-state index in [1.54, 1.807) is 0 Å². The maximum absolute atomic E-state index is 14.2. The molecule has 36 heavy (non-hydrogen) atoms. The van der Waals surface area contributed by atoms with Gasteiger partial charge in [-0.25, -0.2) is 0 Å². The quantitative estimate of drug-likeness (QED) is 0.271. The predicted octanol–water partition coefficient (Wildman–Crippen LogP) is 6.74. The average molecular weight is 514 g/mol. The van der Waals surface area contributed by atoms with Crippen LogP contribution in [0.25, 0.3) is 0 Å². The largest absolute Gasteiger partial charge is 0.407 e. The smallest absolute Gasteiger partial charge is 0.261 e. The monoisotopic (exact) mass is 513 g/mol. The molecule has 200 valence electrons. The van der Waals surface area contributed by atoms with E-state index in [2.05, 4.69) is 67.6 Å². The van der Waals surface area contributed by atoms with Gasteiger partial charge in [-0.05, 0) is 47.9 Å². The minimum Gasteiger partial charge on any atom is -0.407 e. The molecule has 2 aliphatic rings. The molecular formula is C30H47NO4Si. The van der Waals surface area contributed by atoms with Crippen LogP contribution >= 0.6 is 0 Å². The number of likely N-dealkylation sites (tertiary alicyclic amines) is 1. The van der Waals surface area contributed by atoms with E-state index in [1.165, 1.54) is 4.90 Å². The summed E-state index contributed by atoms with van der Waals surface area (Å²) in [5, 5.41) is -0.0377. The molecule has 2 bridgehead atoms. The molecule has 1 aliphatic heterocycles. The number of imide groups is 1. The van der Waals surface area contributed by atoms with Crippen LogP contribution in [-0.2, 0) is 25.4 Å². The lowest BCUT2D eigenvalue weighted by Gasteiger charge is -2.43. The molecule has 1 saturated carbocycles. The Kier molecular flexibility index (Phi) is 8.15. The number of piperidine rings is 1. The highest BCUT2D eigenvalue weighted by Gasteiger charge is 2.65. The molecule has 1 aromatic carbocycles. The number of hydrogen-bond donors (Lipinski definition) is 0. The molecule has 0 spiro atoms.